The van der Waals surface area contributed by atoms with Crippen LogP contribution in [0.3, 0.4) is 0 Å². The number of unbranched alkanes of at least 4 members (excludes halogenated alkanes) is 24. The molecule has 0 heterocycles. The van der Waals surface area contributed by atoms with E-state index < -0.39 is 0 Å². The second kappa shape index (κ2) is 49.9. The highest BCUT2D eigenvalue weighted by atomic mass is 19.1. The standard InChI is InChI=1S/C55H107FN2O5/c1-5-9-13-17-21-27-36-52(37-28-22-18-14-10-6-2)50-62-54(60)40-31-25-33-43-57(45-35-42-56)46-47-58(48-49-59)44-34-26-32-41-55(61)63-51-53(38-29-23-19-15-11-7-3)39-30-24-20-16-12-8-4/h35,42,52-53,59H,5-34,36-41,43-51H2,1-4H3/b42-35+. The van der Waals surface area contributed by atoms with Crippen molar-refractivity contribution in [2.75, 3.05) is 59.1 Å². The fourth-order valence-corrected chi connectivity index (χ4v) is 8.85. The zero-order chi connectivity index (χ0) is 46.1. The van der Waals surface area contributed by atoms with E-state index in [4.69, 9.17) is 9.47 Å². The Bertz CT molecular complexity index is 951. The molecular formula is C55H107FN2O5. The Morgan fingerprint density at radius 1 is 0.444 bits per heavy atom. The van der Waals surface area contributed by atoms with Gasteiger partial charge in [0.25, 0.3) is 0 Å². The van der Waals surface area contributed by atoms with E-state index in [9.17, 15) is 19.1 Å². The fourth-order valence-electron chi connectivity index (χ4n) is 8.85. The van der Waals surface area contributed by atoms with Crippen molar-refractivity contribution in [2.45, 2.75) is 259 Å². The highest BCUT2D eigenvalue weighted by Crippen LogP contribution is 2.22. The Morgan fingerprint density at radius 3 is 1.14 bits per heavy atom. The van der Waals surface area contributed by atoms with Crippen LogP contribution >= 0.6 is 0 Å². The molecule has 0 amide bonds. The SMILES string of the molecule is CCCCCCCCC(CCCCCCCC)COC(=O)CCCCCN(C/C=C/F)CCN(CCO)CCCCCC(=O)OCC(CCCCCCCC)CCCCCCCC. The van der Waals surface area contributed by atoms with Gasteiger partial charge in [0.1, 0.15) is 0 Å². The van der Waals surface area contributed by atoms with Gasteiger partial charge in [-0.2, -0.15) is 0 Å². The van der Waals surface area contributed by atoms with E-state index in [-0.39, 0.29) is 18.5 Å². The maximum Gasteiger partial charge on any atom is 0.305 e. The Balaban J connectivity index is 4.57. The van der Waals surface area contributed by atoms with Crippen molar-refractivity contribution in [1.29, 1.82) is 0 Å². The maximum absolute atomic E-state index is 13.0. The number of halogens is 1. The Labute approximate surface area is 391 Å². The molecule has 0 aromatic carbocycles. The van der Waals surface area contributed by atoms with Crippen LogP contribution in [0.5, 0.6) is 0 Å². The first-order valence-corrected chi connectivity index (χ1v) is 27.6. The van der Waals surface area contributed by atoms with Crippen molar-refractivity contribution in [3.05, 3.63) is 12.4 Å². The normalized spacial score (nSPS) is 12.0. The summed E-state index contributed by atoms with van der Waals surface area (Å²) >= 11 is 0. The summed E-state index contributed by atoms with van der Waals surface area (Å²) in [5.74, 6) is 0.854. The van der Waals surface area contributed by atoms with Gasteiger partial charge in [-0.05, 0) is 82.4 Å². The molecule has 0 aromatic rings. The number of esters is 2. The summed E-state index contributed by atoms with van der Waals surface area (Å²) in [5, 5.41) is 9.77. The number of carbonyl (C=O) groups is 2. The van der Waals surface area contributed by atoms with Gasteiger partial charge < -0.3 is 14.6 Å². The largest absolute Gasteiger partial charge is 0.465 e. The van der Waals surface area contributed by atoms with E-state index in [1.165, 1.54) is 180 Å². The van der Waals surface area contributed by atoms with Gasteiger partial charge >= 0.3 is 11.9 Å². The second-order valence-corrected chi connectivity index (χ2v) is 19.2. The number of hydrogen-bond donors (Lipinski definition) is 1. The average Bonchev–Trinajstić information content (AvgIpc) is 3.28. The fraction of sp³-hybridized carbons (Fsp3) is 0.927. The summed E-state index contributed by atoms with van der Waals surface area (Å²) in [7, 11) is 0. The van der Waals surface area contributed by atoms with Gasteiger partial charge in [0.2, 0.25) is 0 Å². The minimum atomic E-state index is -0.0640. The molecule has 0 atom stereocenters. The number of aliphatic hydroxyl groups is 1. The topological polar surface area (TPSA) is 79.3 Å². The van der Waals surface area contributed by atoms with Crippen LogP contribution < -0.4 is 0 Å². The minimum absolute atomic E-state index is 0.0576. The highest BCUT2D eigenvalue weighted by molar-refractivity contribution is 5.69. The molecule has 0 rings (SSSR count). The summed E-state index contributed by atoms with van der Waals surface area (Å²) in [6.07, 6.45) is 44.4. The average molecular weight is 895 g/mol. The second-order valence-electron chi connectivity index (χ2n) is 19.2. The number of ether oxygens (including phenoxy) is 2. The van der Waals surface area contributed by atoms with Gasteiger partial charge in [-0.25, -0.2) is 4.39 Å². The molecule has 0 radical (unpaired) electrons. The van der Waals surface area contributed by atoms with E-state index >= 15 is 0 Å². The number of nitrogens with zero attached hydrogens (tertiary/aromatic N) is 2. The highest BCUT2D eigenvalue weighted by Gasteiger charge is 2.15. The first kappa shape index (κ1) is 61.5. The number of hydrogen-bond acceptors (Lipinski definition) is 7. The lowest BCUT2D eigenvalue weighted by Crippen LogP contribution is -2.37. The van der Waals surface area contributed by atoms with Gasteiger partial charge in [0.05, 0.1) is 26.2 Å². The number of carbonyl (C=O) groups excluding carboxylic acids is 2. The number of aliphatic hydroxyl groups excluding tert-OH is 1. The molecule has 0 saturated heterocycles. The molecule has 0 spiro atoms. The maximum atomic E-state index is 13.0. The van der Waals surface area contributed by atoms with Crippen LogP contribution in [0.15, 0.2) is 12.4 Å². The molecule has 0 saturated carbocycles. The van der Waals surface area contributed by atoms with E-state index in [0.717, 1.165) is 64.7 Å². The van der Waals surface area contributed by atoms with Crippen molar-refractivity contribution in [2.24, 2.45) is 11.8 Å². The molecule has 63 heavy (non-hydrogen) atoms. The lowest BCUT2D eigenvalue weighted by Gasteiger charge is -2.26. The van der Waals surface area contributed by atoms with Crippen LogP contribution in [-0.2, 0) is 19.1 Å². The molecule has 1 N–H and O–H groups in total. The Kier molecular flexibility index (Phi) is 48.7. The molecule has 0 aromatic heterocycles. The first-order valence-electron chi connectivity index (χ1n) is 27.6. The first-order chi connectivity index (χ1) is 30.9. The quantitative estimate of drug-likeness (QED) is 0.0481. The smallest absolute Gasteiger partial charge is 0.305 e. The van der Waals surface area contributed by atoms with Crippen molar-refractivity contribution < 1.29 is 28.6 Å². The molecule has 0 unspecified atom stereocenters. The van der Waals surface area contributed by atoms with Gasteiger partial charge in [-0.15, -0.1) is 0 Å². The van der Waals surface area contributed by atoms with Gasteiger partial charge in [-0.3, -0.25) is 19.4 Å². The van der Waals surface area contributed by atoms with Gasteiger partial charge in [0, 0.05) is 39.0 Å². The summed E-state index contributed by atoms with van der Waals surface area (Å²) in [4.78, 5) is 30.0. The molecule has 8 heteroatoms. The van der Waals surface area contributed by atoms with Crippen LogP contribution in [-0.4, -0.2) is 85.9 Å². The van der Waals surface area contributed by atoms with Crippen LogP contribution in [0.4, 0.5) is 4.39 Å². The van der Waals surface area contributed by atoms with Crippen LogP contribution in [0, 0.1) is 11.8 Å². The van der Waals surface area contributed by atoms with Crippen molar-refractivity contribution >= 4 is 11.9 Å². The lowest BCUT2D eigenvalue weighted by molar-refractivity contribution is -0.146. The Hall–Kier alpha value is -1.51. The van der Waals surface area contributed by atoms with Crippen molar-refractivity contribution in [3.8, 4) is 0 Å². The van der Waals surface area contributed by atoms with Crippen LogP contribution in [0.25, 0.3) is 0 Å². The third-order valence-electron chi connectivity index (χ3n) is 13.1. The predicted octanol–water partition coefficient (Wildman–Crippen LogP) is 15.5. The van der Waals surface area contributed by atoms with E-state index in [1.807, 2.05) is 0 Å². The molecule has 7 nitrogen and oxygen atoms in total. The van der Waals surface area contributed by atoms with Gasteiger partial charge in [-0.1, -0.05) is 195 Å². The van der Waals surface area contributed by atoms with E-state index in [0.29, 0.717) is 57.3 Å². The lowest BCUT2D eigenvalue weighted by atomic mass is 9.94. The summed E-state index contributed by atoms with van der Waals surface area (Å²) in [5.41, 5.74) is 0. The monoisotopic (exact) mass is 895 g/mol. The zero-order valence-corrected chi connectivity index (χ0v) is 42.5. The van der Waals surface area contributed by atoms with E-state index in [2.05, 4.69) is 37.5 Å². The molecule has 0 aliphatic carbocycles. The molecule has 0 aliphatic rings. The molecule has 0 fully saturated rings. The molecule has 374 valence electrons. The minimum Gasteiger partial charge on any atom is -0.465 e. The van der Waals surface area contributed by atoms with Crippen molar-refractivity contribution in [1.82, 2.24) is 9.80 Å². The van der Waals surface area contributed by atoms with Crippen LogP contribution in [0.1, 0.15) is 259 Å². The van der Waals surface area contributed by atoms with Crippen molar-refractivity contribution in [3.63, 3.8) is 0 Å². The summed E-state index contributed by atoms with van der Waals surface area (Å²) < 4.78 is 24.7. The molecular weight excluding hydrogens is 788 g/mol. The number of rotatable bonds is 51. The van der Waals surface area contributed by atoms with E-state index in [1.54, 1.807) is 6.08 Å². The van der Waals surface area contributed by atoms with Crippen LogP contribution in [0.2, 0.25) is 0 Å². The predicted molar refractivity (Wildman–Crippen MR) is 268 cm³/mol. The van der Waals surface area contributed by atoms with Gasteiger partial charge in [0.15, 0.2) is 0 Å². The third kappa shape index (κ3) is 44.1. The Morgan fingerprint density at radius 2 is 0.778 bits per heavy atom. The molecule has 0 aliphatic heterocycles. The summed E-state index contributed by atoms with van der Waals surface area (Å²) in [6, 6.07) is 0. The molecule has 0 bridgehead atoms. The summed E-state index contributed by atoms with van der Waals surface area (Å²) in [6.45, 7) is 14.7. The zero-order valence-electron chi connectivity index (χ0n) is 42.5. The third-order valence-corrected chi connectivity index (χ3v) is 13.1.